The smallest absolute Gasteiger partial charge is 0.322 e. The molecule has 1 saturated heterocycles. The van der Waals surface area contributed by atoms with Crippen molar-refractivity contribution in [2.45, 2.75) is 49.7 Å². The Morgan fingerprint density at radius 2 is 1.81 bits per heavy atom. The second kappa shape index (κ2) is 8.96. The molecule has 0 bridgehead atoms. The zero-order valence-corrected chi connectivity index (χ0v) is 17.6. The van der Waals surface area contributed by atoms with Gasteiger partial charge in [-0.2, -0.15) is 17.5 Å². The fraction of sp³-hybridized carbons (Fsp3) is 0.381. The molecule has 1 heterocycles. The zero-order valence-electron chi connectivity index (χ0n) is 16.7. The molecule has 0 radical (unpaired) electrons. The van der Waals surface area contributed by atoms with Crippen LogP contribution in [-0.4, -0.2) is 31.2 Å². The summed E-state index contributed by atoms with van der Waals surface area (Å²) in [5.74, 6) is -1.89. The first kappa shape index (κ1) is 23.2. The fourth-order valence-electron chi connectivity index (χ4n) is 3.61. The molecule has 1 N–H and O–H groups in total. The van der Waals surface area contributed by atoms with E-state index in [9.17, 15) is 30.8 Å². The number of amides is 1. The lowest BCUT2D eigenvalue weighted by molar-refractivity contribution is -0.137. The quantitative estimate of drug-likeness (QED) is 0.638. The van der Waals surface area contributed by atoms with Crippen LogP contribution in [0.3, 0.4) is 0 Å². The molecular formula is C21H22F4N2O3S. The number of benzene rings is 2. The van der Waals surface area contributed by atoms with Gasteiger partial charge in [-0.25, -0.2) is 12.8 Å². The molecule has 0 saturated carbocycles. The molecule has 31 heavy (non-hydrogen) atoms. The number of anilines is 1. The lowest BCUT2D eigenvalue weighted by Crippen LogP contribution is -2.43. The molecule has 1 aliphatic rings. The van der Waals surface area contributed by atoms with Crippen LogP contribution >= 0.6 is 0 Å². The Morgan fingerprint density at radius 1 is 1.13 bits per heavy atom. The number of carbonyl (C=O) groups excluding carboxylic acids is 1. The average Bonchev–Trinajstić information content (AvgIpc) is 2.73. The molecule has 0 spiro atoms. The monoisotopic (exact) mass is 458 g/mol. The predicted octanol–water partition coefficient (Wildman–Crippen LogP) is 5.05. The van der Waals surface area contributed by atoms with Crippen molar-refractivity contribution in [2.24, 2.45) is 0 Å². The van der Waals surface area contributed by atoms with Crippen molar-refractivity contribution in [2.75, 3.05) is 11.9 Å². The van der Waals surface area contributed by atoms with Crippen LogP contribution in [0, 0.1) is 5.82 Å². The van der Waals surface area contributed by atoms with Crippen LogP contribution in [0.4, 0.5) is 23.2 Å². The van der Waals surface area contributed by atoms with Gasteiger partial charge in [-0.15, -0.1) is 0 Å². The Hall–Kier alpha value is -2.46. The third kappa shape index (κ3) is 5.07. The molecule has 2 aromatic carbocycles. The third-order valence-corrected chi connectivity index (χ3v) is 7.25. The largest absolute Gasteiger partial charge is 0.416 e. The van der Waals surface area contributed by atoms with E-state index in [1.165, 1.54) is 4.31 Å². The molecule has 3 rings (SSSR count). The molecule has 2 aromatic rings. The summed E-state index contributed by atoms with van der Waals surface area (Å²) in [6.07, 6.45) is -1.51. The first-order valence-electron chi connectivity index (χ1n) is 9.84. The molecule has 0 aromatic heterocycles. The van der Waals surface area contributed by atoms with Crippen molar-refractivity contribution in [1.82, 2.24) is 4.31 Å². The number of hydrogen-bond donors (Lipinski definition) is 1. The number of hydrogen-bond acceptors (Lipinski definition) is 3. The Bertz CT molecular complexity index is 1050. The van der Waals surface area contributed by atoms with Gasteiger partial charge in [0.05, 0.1) is 16.0 Å². The zero-order chi connectivity index (χ0) is 22.8. The van der Waals surface area contributed by atoms with E-state index in [1.54, 1.807) is 0 Å². The maximum Gasteiger partial charge on any atom is 0.416 e. The number of halogens is 4. The van der Waals surface area contributed by atoms with Crippen molar-refractivity contribution in [3.05, 3.63) is 59.4 Å². The van der Waals surface area contributed by atoms with Gasteiger partial charge >= 0.3 is 6.18 Å². The van der Waals surface area contributed by atoms with E-state index in [2.05, 4.69) is 5.32 Å². The lowest BCUT2D eigenvalue weighted by atomic mass is 10.0. The molecular weight excluding hydrogens is 436 g/mol. The van der Waals surface area contributed by atoms with Gasteiger partial charge in [0.2, 0.25) is 10.0 Å². The summed E-state index contributed by atoms with van der Waals surface area (Å²) >= 11 is 0. The van der Waals surface area contributed by atoms with Crippen LogP contribution in [0.25, 0.3) is 0 Å². The van der Waals surface area contributed by atoms with E-state index in [4.69, 9.17) is 0 Å². The number of sulfonamides is 1. The highest BCUT2D eigenvalue weighted by molar-refractivity contribution is 7.89. The Kier molecular flexibility index (Phi) is 6.70. The van der Waals surface area contributed by atoms with E-state index in [1.807, 2.05) is 6.92 Å². The number of piperidine rings is 1. The molecule has 1 fully saturated rings. The summed E-state index contributed by atoms with van der Waals surface area (Å²) in [5.41, 5.74) is -1.38. The molecule has 5 nitrogen and oxygen atoms in total. The van der Waals surface area contributed by atoms with Gasteiger partial charge in [0, 0.05) is 18.3 Å². The fourth-order valence-corrected chi connectivity index (χ4v) is 5.41. The number of rotatable bonds is 5. The molecule has 0 aliphatic carbocycles. The first-order chi connectivity index (χ1) is 14.5. The summed E-state index contributed by atoms with van der Waals surface area (Å²) in [4.78, 5) is 12.3. The standard InChI is InChI=1S/C21H22F4N2O3S/c1-2-16-5-3-4-12-27(16)31(29,30)17-10-11-19(22)18(13-17)20(28)26-15-8-6-14(7-9-15)21(23,24)25/h6-11,13,16H,2-5,12H2,1H3,(H,26,28). The number of carbonyl (C=O) groups is 1. The van der Waals surface area contributed by atoms with E-state index >= 15 is 0 Å². The van der Waals surface area contributed by atoms with Crippen LogP contribution in [-0.2, 0) is 16.2 Å². The molecule has 168 valence electrons. The topological polar surface area (TPSA) is 66.5 Å². The third-order valence-electron chi connectivity index (χ3n) is 5.30. The molecule has 1 amide bonds. The van der Waals surface area contributed by atoms with Crippen molar-refractivity contribution < 1.29 is 30.8 Å². The molecule has 1 aliphatic heterocycles. The van der Waals surface area contributed by atoms with Crippen LogP contribution < -0.4 is 5.32 Å². The van der Waals surface area contributed by atoms with Gasteiger partial charge in [0.1, 0.15) is 5.82 Å². The van der Waals surface area contributed by atoms with Gasteiger partial charge in [0.15, 0.2) is 0 Å². The van der Waals surface area contributed by atoms with Crippen LogP contribution in [0.1, 0.15) is 48.5 Å². The Balaban J connectivity index is 1.86. The highest BCUT2D eigenvalue weighted by atomic mass is 32.2. The van der Waals surface area contributed by atoms with E-state index in [-0.39, 0.29) is 16.6 Å². The van der Waals surface area contributed by atoms with Gasteiger partial charge in [0.25, 0.3) is 5.91 Å². The Morgan fingerprint density at radius 3 is 2.42 bits per heavy atom. The van der Waals surface area contributed by atoms with Crippen molar-refractivity contribution in [3.8, 4) is 0 Å². The Labute approximate surface area is 178 Å². The van der Waals surface area contributed by atoms with Gasteiger partial charge in [-0.3, -0.25) is 4.79 Å². The summed E-state index contributed by atoms with van der Waals surface area (Å²) in [7, 11) is -3.93. The minimum Gasteiger partial charge on any atom is -0.322 e. The summed E-state index contributed by atoms with van der Waals surface area (Å²) in [6, 6.07) is 6.47. The highest BCUT2D eigenvalue weighted by Crippen LogP contribution is 2.30. The number of nitrogens with one attached hydrogen (secondary N) is 1. The summed E-state index contributed by atoms with van der Waals surface area (Å²) < 4.78 is 79.9. The van der Waals surface area contributed by atoms with Gasteiger partial charge < -0.3 is 5.32 Å². The van der Waals surface area contributed by atoms with Crippen molar-refractivity contribution in [1.29, 1.82) is 0 Å². The van der Waals surface area contributed by atoms with E-state index in [0.29, 0.717) is 13.0 Å². The van der Waals surface area contributed by atoms with Gasteiger partial charge in [-0.1, -0.05) is 13.3 Å². The predicted molar refractivity (Wildman–Crippen MR) is 108 cm³/mol. The average molecular weight is 458 g/mol. The summed E-state index contributed by atoms with van der Waals surface area (Å²) in [6.45, 7) is 2.25. The second-order valence-corrected chi connectivity index (χ2v) is 9.24. The molecule has 10 heteroatoms. The SMILES string of the molecule is CCC1CCCCN1S(=O)(=O)c1ccc(F)c(C(=O)Nc2ccc(C(F)(F)F)cc2)c1. The van der Waals surface area contributed by atoms with Crippen LogP contribution in [0.5, 0.6) is 0 Å². The number of alkyl halides is 3. The minimum absolute atomic E-state index is 0.0211. The van der Waals surface area contributed by atoms with Gasteiger partial charge in [-0.05, 0) is 61.7 Å². The second-order valence-electron chi connectivity index (χ2n) is 7.34. The van der Waals surface area contributed by atoms with Crippen molar-refractivity contribution >= 4 is 21.6 Å². The first-order valence-corrected chi connectivity index (χ1v) is 11.3. The van der Waals surface area contributed by atoms with Crippen LogP contribution in [0.2, 0.25) is 0 Å². The number of nitrogens with zero attached hydrogens (tertiary/aromatic N) is 1. The van der Waals surface area contributed by atoms with E-state index < -0.39 is 39.1 Å². The summed E-state index contributed by atoms with van der Waals surface area (Å²) in [5, 5.41) is 2.30. The maximum absolute atomic E-state index is 14.3. The van der Waals surface area contributed by atoms with E-state index in [0.717, 1.165) is 61.7 Å². The molecule has 1 atom stereocenters. The van der Waals surface area contributed by atoms with Crippen LogP contribution in [0.15, 0.2) is 47.4 Å². The lowest BCUT2D eigenvalue weighted by Gasteiger charge is -2.34. The normalized spacial score (nSPS) is 18.0. The minimum atomic E-state index is -4.53. The highest BCUT2D eigenvalue weighted by Gasteiger charge is 2.33. The van der Waals surface area contributed by atoms with Crippen molar-refractivity contribution in [3.63, 3.8) is 0 Å². The maximum atomic E-state index is 14.3. The molecule has 1 unspecified atom stereocenters.